The molecule has 1 heterocycles. The van der Waals surface area contributed by atoms with E-state index in [1.807, 2.05) is 13.8 Å². The average molecular weight is 255 g/mol. The van der Waals surface area contributed by atoms with Crippen LogP contribution in [0.5, 0.6) is 0 Å². The number of likely N-dealkylation sites (tertiary alicyclic amines) is 1. The predicted molar refractivity (Wildman–Crippen MR) is 74.7 cm³/mol. The molecule has 2 atom stereocenters. The number of unbranched alkanes of at least 4 members (excludes halogenated alkanes) is 1. The van der Waals surface area contributed by atoms with Crippen molar-refractivity contribution in [3.05, 3.63) is 0 Å². The molecule has 0 aromatic carbocycles. The Morgan fingerprint density at radius 1 is 1.39 bits per heavy atom. The number of hydrogen-bond donors (Lipinski definition) is 1. The second-order valence-corrected chi connectivity index (χ2v) is 6.04. The van der Waals surface area contributed by atoms with Crippen LogP contribution >= 0.6 is 0 Å². The van der Waals surface area contributed by atoms with E-state index in [2.05, 4.69) is 18.7 Å². The number of hydrogen-bond acceptors (Lipinski definition) is 2. The molecule has 1 N–H and O–H groups in total. The topological polar surface area (TPSA) is 40.5 Å². The second kappa shape index (κ2) is 6.55. The normalized spacial score (nSPS) is 26.7. The lowest BCUT2D eigenvalue weighted by molar-refractivity contribution is -0.151. The molecule has 1 saturated heterocycles. The summed E-state index contributed by atoms with van der Waals surface area (Å²) in [5.41, 5.74) is -0.514. The third-order valence-corrected chi connectivity index (χ3v) is 4.74. The Kier molecular flexibility index (Phi) is 5.64. The molecule has 0 spiro atoms. The first kappa shape index (κ1) is 15.5. The maximum Gasteiger partial charge on any atom is 0.311 e. The molecule has 3 heteroatoms. The highest BCUT2D eigenvalue weighted by Gasteiger charge is 2.48. The number of aliphatic carboxylic acids is 1. The zero-order valence-corrected chi connectivity index (χ0v) is 12.4. The lowest BCUT2D eigenvalue weighted by Gasteiger charge is -2.32. The molecule has 3 nitrogen and oxygen atoms in total. The summed E-state index contributed by atoms with van der Waals surface area (Å²) >= 11 is 0. The van der Waals surface area contributed by atoms with Crippen molar-refractivity contribution in [1.82, 2.24) is 4.90 Å². The van der Waals surface area contributed by atoms with E-state index in [-0.39, 0.29) is 5.92 Å². The molecule has 106 valence electrons. The van der Waals surface area contributed by atoms with E-state index >= 15 is 0 Å². The van der Waals surface area contributed by atoms with E-state index < -0.39 is 11.4 Å². The Morgan fingerprint density at radius 2 is 2.06 bits per heavy atom. The average Bonchev–Trinajstić information content (AvgIpc) is 2.76. The van der Waals surface area contributed by atoms with Gasteiger partial charge in [0.2, 0.25) is 0 Å². The van der Waals surface area contributed by atoms with Gasteiger partial charge < -0.3 is 5.11 Å². The maximum absolute atomic E-state index is 11.6. The van der Waals surface area contributed by atoms with E-state index in [0.29, 0.717) is 6.04 Å². The van der Waals surface area contributed by atoms with Gasteiger partial charge in [-0.05, 0) is 31.7 Å². The van der Waals surface area contributed by atoms with Crippen LogP contribution in [0.2, 0.25) is 0 Å². The number of carboxylic acid groups (broad SMARTS) is 1. The first-order chi connectivity index (χ1) is 8.47. The number of carboxylic acids is 1. The van der Waals surface area contributed by atoms with Gasteiger partial charge in [0.15, 0.2) is 0 Å². The Balaban J connectivity index is 2.70. The smallest absolute Gasteiger partial charge is 0.311 e. The van der Waals surface area contributed by atoms with Gasteiger partial charge in [-0.25, -0.2) is 0 Å². The largest absolute Gasteiger partial charge is 0.481 e. The van der Waals surface area contributed by atoms with Gasteiger partial charge in [0, 0.05) is 12.6 Å². The summed E-state index contributed by atoms with van der Waals surface area (Å²) in [6.45, 7) is 10.2. The summed E-state index contributed by atoms with van der Waals surface area (Å²) in [7, 11) is 0. The van der Waals surface area contributed by atoms with E-state index in [1.54, 1.807) is 0 Å². The molecular formula is C15H29NO2. The van der Waals surface area contributed by atoms with Crippen LogP contribution < -0.4 is 0 Å². The molecule has 2 unspecified atom stereocenters. The highest BCUT2D eigenvalue weighted by atomic mass is 16.4. The molecule has 1 aliphatic heterocycles. The first-order valence-electron chi connectivity index (χ1n) is 7.45. The molecule has 0 radical (unpaired) electrons. The number of rotatable bonds is 7. The van der Waals surface area contributed by atoms with Crippen LogP contribution in [0.4, 0.5) is 0 Å². The summed E-state index contributed by atoms with van der Waals surface area (Å²) in [5, 5.41) is 9.56. The van der Waals surface area contributed by atoms with Crippen LogP contribution in [0.3, 0.4) is 0 Å². The highest BCUT2D eigenvalue weighted by molar-refractivity contribution is 5.75. The zero-order chi connectivity index (χ0) is 13.8. The number of carbonyl (C=O) groups is 1. The fraction of sp³-hybridized carbons (Fsp3) is 0.933. The van der Waals surface area contributed by atoms with Gasteiger partial charge in [-0.15, -0.1) is 0 Å². The quantitative estimate of drug-likeness (QED) is 0.758. The van der Waals surface area contributed by atoms with Crippen molar-refractivity contribution in [2.45, 2.75) is 65.8 Å². The van der Waals surface area contributed by atoms with Gasteiger partial charge in [0.25, 0.3) is 0 Å². The molecule has 1 rings (SSSR count). The van der Waals surface area contributed by atoms with Crippen molar-refractivity contribution >= 4 is 5.97 Å². The van der Waals surface area contributed by atoms with Gasteiger partial charge in [-0.3, -0.25) is 9.69 Å². The molecule has 18 heavy (non-hydrogen) atoms. The van der Waals surface area contributed by atoms with E-state index in [1.165, 1.54) is 19.3 Å². The van der Waals surface area contributed by atoms with Crippen LogP contribution in [0.1, 0.15) is 59.8 Å². The van der Waals surface area contributed by atoms with Crippen LogP contribution in [-0.2, 0) is 4.79 Å². The molecular weight excluding hydrogens is 226 g/mol. The molecule has 0 aromatic rings. The van der Waals surface area contributed by atoms with Crippen LogP contribution in [0.15, 0.2) is 0 Å². The molecule has 1 fully saturated rings. The van der Waals surface area contributed by atoms with Gasteiger partial charge in [-0.1, -0.05) is 40.5 Å². The van der Waals surface area contributed by atoms with Crippen LogP contribution in [-0.4, -0.2) is 35.1 Å². The van der Waals surface area contributed by atoms with Crippen molar-refractivity contribution in [1.29, 1.82) is 0 Å². The fourth-order valence-electron chi connectivity index (χ4n) is 3.15. The Morgan fingerprint density at radius 3 is 2.44 bits per heavy atom. The van der Waals surface area contributed by atoms with Crippen molar-refractivity contribution < 1.29 is 9.90 Å². The summed E-state index contributed by atoms with van der Waals surface area (Å²) in [4.78, 5) is 14.0. The standard InChI is InChI=1S/C15H29NO2/c1-5-7-8-13(6-2)16-10-9-15(11-16,12(3)4)14(17)18/h12-13H,5-11H2,1-4H3,(H,17,18). The summed E-state index contributed by atoms with van der Waals surface area (Å²) in [6, 6.07) is 0.574. The monoisotopic (exact) mass is 255 g/mol. The molecule has 0 amide bonds. The van der Waals surface area contributed by atoms with Gasteiger partial charge in [0.05, 0.1) is 5.41 Å². The van der Waals surface area contributed by atoms with Gasteiger partial charge in [0.1, 0.15) is 0 Å². The summed E-state index contributed by atoms with van der Waals surface area (Å²) in [5.74, 6) is -0.394. The van der Waals surface area contributed by atoms with Gasteiger partial charge in [-0.2, -0.15) is 0 Å². The Hall–Kier alpha value is -0.570. The molecule has 0 saturated carbocycles. The number of nitrogens with zero attached hydrogens (tertiary/aromatic N) is 1. The summed E-state index contributed by atoms with van der Waals surface area (Å²) in [6.07, 6.45) is 5.62. The third-order valence-electron chi connectivity index (χ3n) is 4.74. The van der Waals surface area contributed by atoms with Gasteiger partial charge >= 0.3 is 5.97 Å². The van der Waals surface area contributed by atoms with E-state index in [9.17, 15) is 9.90 Å². The third kappa shape index (κ3) is 3.05. The SMILES string of the molecule is CCCCC(CC)N1CCC(C(=O)O)(C(C)C)C1. The highest BCUT2D eigenvalue weighted by Crippen LogP contribution is 2.39. The molecule has 0 bridgehead atoms. The molecule has 0 aromatic heterocycles. The van der Waals surface area contributed by atoms with Crippen LogP contribution in [0, 0.1) is 11.3 Å². The fourth-order valence-corrected chi connectivity index (χ4v) is 3.15. The predicted octanol–water partition coefficient (Wildman–Crippen LogP) is 3.39. The second-order valence-electron chi connectivity index (χ2n) is 6.04. The van der Waals surface area contributed by atoms with Crippen LogP contribution in [0.25, 0.3) is 0 Å². The molecule has 0 aliphatic carbocycles. The molecule has 1 aliphatic rings. The minimum atomic E-state index is -0.606. The van der Waals surface area contributed by atoms with Crippen molar-refractivity contribution in [2.24, 2.45) is 11.3 Å². The minimum absolute atomic E-state index is 0.212. The summed E-state index contributed by atoms with van der Waals surface area (Å²) < 4.78 is 0. The van der Waals surface area contributed by atoms with E-state index in [4.69, 9.17) is 0 Å². The maximum atomic E-state index is 11.6. The Labute approximate surface area is 112 Å². The van der Waals surface area contributed by atoms with Crippen molar-refractivity contribution in [3.63, 3.8) is 0 Å². The zero-order valence-electron chi connectivity index (χ0n) is 12.4. The van der Waals surface area contributed by atoms with Crippen molar-refractivity contribution in [3.8, 4) is 0 Å². The lowest BCUT2D eigenvalue weighted by Crippen LogP contribution is -2.41. The Bertz CT molecular complexity index is 278. The lowest BCUT2D eigenvalue weighted by atomic mass is 9.76. The van der Waals surface area contributed by atoms with E-state index in [0.717, 1.165) is 25.9 Å². The minimum Gasteiger partial charge on any atom is -0.481 e. The first-order valence-corrected chi connectivity index (χ1v) is 7.45. The van der Waals surface area contributed by atoms with Crippen molar-refractivity contribution in [2.75, 3.05) is 13.1 Å².